The molecule has 0 spiro atoms. The number of nitrogen functional groups attached to an aromatic ring is 1. The summed E-state index contributed by atoms with van der Waals surface area (Å²) < 4.78 is 74.0. The normalized spacial score (nSPS) is 28.4. The van der Waals surface area contributed by atoms with Crippen molar-refractivity contribution < 1.29 is 13.7 Å². The number of hydrogen-bond acceptors (Lipinski definition) is 2. The van der Waals surface area contributed by atoms with Gasteiger partial charge in [-0.25, -0.2) is 0 Å². The molecule has 2 N–H and O–H groups in total. The third kappa shape index (κ3) is 1.50. The maximum absolute atomic E-state index is 7.96. The molecule has 0 fully saturated rings. The first-order valence-corrected chi connectivity index (χ1v) is 2.89. The Morgan fingerprint density at radius 3 is 3.18 bits per heavy atom. The molecule has 2 heteroatoms. The Kier molecular flexibility index (Phi) is 0.529. The van der Waals surface area contributed by atoms with Crippen molar-refractivity contribution in [3.63, 3.8) is 0 Å². The summed E-state index contributed by atoms with van der Waals surface area (Å²) >= 11 is 0. The van der Waals surface area contributed by atoms with Crippen LogP contribution in [0.15, 0.2) is 12.3 Å². The summed E-state index contributed by atoms with van der Waals surface area (Å²) in [7, 11) is 0. The van der Waals surface area contributed by atoms with E-state index in [1.54, 1.807) is 0 Å². The van der Waals surface area contributed by atoms with Gasteiger partial charge in [-0.3, -0.25) is 4.98 Å². The van der Waals surface area contributed by atoms with Crippen molar-refractivity contribution in [2.24, 2.45) is 0 Å². The lowest BCUT2D eigenvalue weighted by atomic mass is 10.1. The summed E-state index contributed by atoms with van der Waals surface area (Å²) in [5, 5.41) is 0. The summed E-state index contributed by atoms with van der Waals surface area (Å²) in [5.41, 5.74) is 3.78. The van der Waals surface area contributed by atoms with Crippen LogP contribution < -0.4 is 5.73 Å². The van der Waals surface area contributed by atoms with Crippen molar-refractivity contribution in [2.75, 3.05) is 5.73 Å². The van der Waals surface area contributed by atoms with Gasteiger partial charge < -0.3 is 5.73 Å². The number of hydrogen-bond donors (Lipinski definition) is 1. The largest absolute Gasteiger partial charge is 0.397 e. The average Bonchev–Trinajstić information content (AvgIpc) is 2.23. The zero-order valence-electron chi connectivity index (χ0n) is 15.7. The Balaban J connectivity index is 3.72. The number of anilines is 1. The van der Waals surface area contributed by atoms with Crippen LogP contribution >= 0.6 is 0 Å². The van der Waals surface area contributed by atoms with Gasteiger partial charge in [0.05, 0.1) is 11.4 Å². The molecule has 0 bridgehead atoms. The minimum Gasteiger partial charge on any atom is -0.397 e. The summed E-state index contributed by atoms with van der Waals surface area (Å²) in [5.74, 6) is -3.12. The Morgan fingerprint density at radius 2 is 2.55 bits per heavy atom. The van der Waals surface area contributed by atoms with Crippen LogP contribution in [0.4, 0.5) is 5.69 Å². The molecule has 0 aromatic carbocycles. The molecule has 0 aliphatic rings. The smallest absolute Gasteiger partial charge is 0.0660 e. The van der Waals surface area contributed by atoms with E-state index >= 15 is 0 Å². The lowest BCUT2D eigenvalue weighted by molar-refractivity contribution is 0.825. The zero-order chi connectivity index (χ0) is 16.9. The highest BCUT2D eigenvalue weighted by atomic mass is 14.7. The van der Waals surface area contributed by atoms with E-state index < -0.39 is 43.4 Å². The lowest BCUT2D eigenvalue weighted by Gasteiger charge is -2.09. The molecule has 1 aromatic heterocycles. The number of nitrogens with two attached hydrogens (primary N) is 1. The topological polar surface area (TPSA) is 38.9 Å². The number of aromatic nitrogens is 1. The fourth-order valence-corrected chi connectivity index (χ4v) is 0.672. The van der Waals surface area contributed by atoms with E-state index in [-0.39, 0.29) is 0 Å². The van der Waals surface area contributed by atoms with E-state index in [0.717, 1.165) is 12.3 Å². The predicted molar refractivity (Wildman–Crippen MR) is 47.5 cm³/mol. The van der Waals surface area contributed by atoms with Gasteiger partial charge in [0.2, 0.25) is 0 Å². The van der Waals surface area contributed by atoms with Crippen LogP contribution in [0.1, 0.15) is 44.6 Å². The highest BCUT2D eigenvalue weighted by Crippen LogP contribution is 2.21. The number of aryl methyl sites for hydroxylation is 1. The third-order valence-corrected chi connectivity index (χ3v) is 1.23. The first-order chi connectivity index (χ1) is 9.14. The second kappa shape index (κ2) is 2.91. The zero-order valence-corrected chi connectivity index (χ0v) is 5.68. The van der Waals surface area contributed by atoms with Gasteiger partial charge in [-0.05, 0) is 24.4 Å². The lowest BCUT2D eigenvalue weighted by Crippen LogP contribution is -2.01. The second-order valence-corrected chi connectivity index (χ2v) is 2.00. The van der Waals surface area contributed by atoms with Crippen LogP contribution in [-0.2, 0) is 0 Å². The van der Waals surface area contributed by atoms with Crippen LogP contribution in [-0.4, -0.2) is 4.98 Å². The van der Waals surface area contributed by atoms with Crippen molar-refractivity contribution in [3.8, 4) is 0 Å². The van der Waals surface area contributed by atoms with Gasteiger partial charge in [0.15, 0.2) is 0 Å². The van der Waals surface area contributed by atoms with Crippen LogP contribution in [0.3, 0.4) is 0 Å². The van der Waals surface area contributed by atoms with Gasteiger partial charge in [0.25, 0.3) is 0 Å². The van der Waals surface area contributed by atoms with E-state index in [9.17, 15) is 0 Å². The number of nitrogens with zero attached hydrogens (tertiary/aromatic N) is 1. The molecule has 0 atom stereocenters. The van der Waals surface area contributed by atoms with Crippen molar-refractivity contribution in [1.82, 2.24) is 4.98 Å². The molecule has 0 radical (unpaired) electrons. The second-order valence-electron chi connectivity index (χ2n) is 2.00. The summed E-state index contributed by atoms with van der Waals surface area (Å²) in [6, 6.07) is 1.05. The Hall–Kier alpha value is -1.05. The number of pyridine rings is 1. The van der Waals surface area contributed by atoms with Gasteiger partial charge in [-0.1, -0.05) is 13.7 Å². The monoisotopic (exact) mass is 160 g/mol. The van der Waals surface area contributed by atoms with Crippen LogP contribution in [0.2, 0.25) is 0 Å². The molecule has 1 rings (SSSR count). The Morgan fingerprint density at radius 1 is 1.73 bits per heavy atom. The van der Waals surface area contributed by atoms with E-state index in [0.29, 0.717) is 0 Å². The molecule has 11 heavy (non-hydrogen) atoms. The summed E-state index contributed by atoms with van der Waals surface area (Å²) in [4.78, 5) is 3.57. The van der Waals surface area contributed by atoms with Crippen molar-refractivity contribution in [2.45, 2.75) is 26.4 Å². The van der Waals surface area contributed by atoms with Crippen molar-refractivity contribution in [3.05, 3.63) is 23.5 Å². The molecule has 1 heterocycles. The van der Waals surface area contributed by atoms with Gasteiger partial charge in [0.1, 0.15) is 0 Å². The van der Waals surface area contributed by atoms with Crippen molar-refractivity contribution >= 4 is 5.69 Å². The molecular weight excluding hydrogens is 136 g/mol. The SMILES string of the molecule is [2H]C([2H])([2H])c1ccnc(C([2H])(C([2H])([2H])[2H])C([2H])([2H])[2H])c1N. The summed E-state index contributed by atoms with van der Waals surface area (Å²) in [6.45, 7) is -9.22. The first-order valence-electron chi connectivity index (χ1n) is 7.89. The minimum absolute atomic E-state index is 0.433. The molecule has 0 unspecified atom stereocenters. The van der Waals surface area contributed by atoms with Gasteiger partial charge in [-0.2, -0.15) is 0 Å². The fourth-order valence-electron chi connectivity index (χ4n) is 0.672. The quantitative estimate of drug-likeness (QED) is 0.683. The molecule has 0 saturated heterocycles. The molecule has 2 nitrogen and oxygen atoms in total. The predicted octanol–water partition coefficient (Wildman–Crippen LogP) is 2.10. The maximum atomic E-state index is 7.96. The standard InChI is InChI=1S/C9H14N2/c1-6(2)9-8(10)7(3)4-5-11-9/h4-6H,10H2,1-3H3/i1D3,2D3,3D3,6D. The van der Waals surface area contributed by atoms with E-state index in [4.69, 9.17) is 19.4 Å². The maximum Gasteiger partial charge on any atom is 0.0660 e. The average molecular weight is 160 g/mol. The van der Waals surface area contributed by atoms with E-state index in [1.807, 2.05) is 0 Å². The van der Waals surface area contributed by atoms with Crippen molar-refractivity contribution in [1.29, 1.82) is 0 Å². The molecule has 0 aliphatic carbocycles. The van der Waals surface area contributed by atoms with Gasteiger partial charge in [0, 0.05) is 19.9 Å². The van der Waals surface area contributed by atoms with Crippen LogP contribution in [0.25, 0.3) is 0 Å². The fraction of sp³-hybridized carbons (Fsp3) is 0.444. The summed E-state index contributed by atoms with van der Waals surface area (Å²) in [6.07, 6.45) is 0.939. The van der Waals surface area contributed by atoms with E-state index in [2.05, 4.69) is 4.98 Å². The molecule has 60 valence electrons. The molecule has 0 amide bonds. The number of rotatable bonds is 1. The van der Waals surface area contributed by atoms with Gasteiger partial charge >= 0.3 is 0 Å². The van der Waals surface area contributed by atoms with Gasteiger partial charge in [-0.15, -0.1) is 0 Å². The molecule has 1 aromatic rings. The first kappa shape index (κ1) is 2.00. The minimum atomic E-state index is -3.27. The highest BCUT2D eigenvalue weighted by molar-refractivity contribution is 5.50. The van der Waals surface area contributed by atoms with E-state index in [1.165, 1.54) is 0 Å². The highest BCUT2D eigenvalue weighted by Gasteiger charge is 2.05. The van der Waals surface area contributed by atoms with Crippen LogP contribution in [0.5, 0.6) is 0 Å². The Bertz CT molecular complexity index is 513. The molecular formula is C9H14N2. The Labute approximate surface area is 81.5 Å². The van der Waals surface area contributed by atoms with Crippen LogP contribution in [0, 0.1) is 6.85 Å². The molecule has 0 aliphatic heterocycles. The molecule has 0 saturated carbocycles. The third-order valence-electron chi connectivity index (χ3n) is 1.23.